The highest BCUT2D eigenvalue weighted by Crippen LogP contribution is 2.37. The number of likely N-dealkylation sites (tertiary alicyclic amines) is 1. The van der Waals surface area contributed by atoms with Crippen molar-refractivity contribution in [1.82, 2.24) is 9.80 Å². The first-order valence-corrected chi connectivity index (χ1v) is 14.8. The average Bonchev–Trinajstić information content (AvgIpc) is 3.29. The highest BCUT2D eigenvalue weighted by Gasteiger charge is 2.40. The van der Waals surface area contributed by atoms with Crippen molar-refractivity contribution in [3.63, 3.8) is 0 Å². The minimum absolute atomic E-state index is 0.0638. The van der Waals surface area contributed by atoms with Crippen LogP contribution >= 0.6 is 11.3 Å². The Kier molecular flexibility index (Phi) is 10.0. The molecule has 1 N–H and O–H groups in total. The van der Waals surface area contributed by atoms with Crippen LogP contribution in [0.4, 0.5) is 5.69 Å². The van der Waals surface area contributed by atoms with Crippen molar-refractivity contribution < 1.29 is 19.5 Å². The van der Waals surface area contributed by atoms with E-state index in [-0.39, 0.29) is 34.1 Å². The van der Waals surface area contributed by atoms with Crippen LogP contribution in [0.15, 0.2) is 6.07 Å². The lowest BCUT2D eigenvalue weighted by Gasteiger charge is -2.40. The number of hydrogen-bond acceptors (Lipinski definition) is 5. The quantitative estimate of drug-likeness (QED) is 0.470. The van der Waals surface area contributed by atoms with Crippen molar-refractivity contribution in [3.8, 4) is 11.8 Å². The molecular weight excluding hydrogens is 498 g/mol. The number of piperidine rings is 1. The van der Waals surface area contributed by atoms with Gasteiger partial charge in [-0.15, -0.1) is 11.3 Å². The molecule has 0 bridgehead atoms. The Bertz CT molecular complexity index is 1060. The molecule has 0 unspecified atom stereocenters. The highest BCUT2D eigenvalue weighted by molar-refractivity contribution is 7.15. The van der Waals surface area contributed by atoms with Crippen LogP contribution in [0.3, 0.4) is 0 Å². The summed E-state index contributed by atoms with van der Waals surface area (Å²) in [4.78, 5) is 46.8. The fourth-order valence-electron chi connectivity index (χ4n) is 5.43. The van der Waals surface area contributed by atoms with E-state index in [0.29, 0.717) is 22.9 Å². The number of nitrogens with zero attached hydrogens (tertiary/aromatic N) is 3. The van der Waals surface area contributed by atoms with Crippen LogP contribution in [0, 0.1) is 29.1 Å². The van der Waals surface area contributed by atoms with Crippen LogP contribution in [0.5, 0.6) is 0 Å². The van der Waals surface area contributed by atoms with Crippen LogP contribution in [0.1, 0.15) is 94.1 Å². The fraction of sp³-hybridized carbons (Fsp3) is 0.700. The molecule has 0 spiro atoms. The summed E-state index contributed by atoms with van der Waals surface area (Å²) in [5, 5.41) is 10.1. The van der Waals surface area contributed by atoms with Gasteiger partial charge in [0.15, 0.2) is 0 Å². The van der Waals surface area contributed by atoms with E-state index in [2.05, 4.69) is 30.7 Å². The molecule has 2 amide bonds. The van der Waals surface area contributed by atoms with Gasteiger partial charge in [-0.2, -0.15) is 0 Å². The first-order valence-electron chi connectivity index (χ1n) is 14.0. The lowest BCUT2D eigenvalue weighted by Crippen LogP contribution is -2.55. The summed E-state index contributed by atoms with van der Waals surface area (Å²) in [7, 11) is 3.92. The number of aromatic carboxylic acids is 1. The maximum Gasteiger partial charge on any atom is 0.348 e. The fourth-order valence-corrected chi connectivity index (χ4v) is 6.27. The van der Waals surface area contributed by atoms with E-state index in [1.165, 1.54) is 4.90 Å². The maximum atomic E-state index is 14.2. The van der Waals surface area contributed by atoms with E-state index in [9.17, 15) is 19.5 Å². The van der Waals surface area contributed by atoms with E-state index >= 15 is 0 Å². The van der Waals surface area contributed by atoms with Gasteiger partial charge in [0.2, 0.25) is 11.8 Å². The minimum atomic E-state index is -1.10. The van der Waals surface area contributed by atoms with Crippen LogP contribution < -0.4 is 4.90 Å². The van der Waals surface area contributed by atoms with Gasteiger partial charge in [0.05, 0.1) is 10.6 Å². The van der Waals surface area contributed by atoms with Gasteiger partial charge in [0.25, 0.3) is 0 Å². The standard InChI is InChI=1S/C30H45N3O4S/c1-8-24(28(35)32(7)22-14-17-31(6)18-15-22)33(27(34)21-11-9-20(2)10-12-21)25-19-23(13-16-30(3,4)5)38-26(25)29(36)37/h19-22,24H,8-12,14-15,17-18H2,1-7H3,(H,36,37)/t20?,21?,24-/m0/s1. The number of anilines is 1. The predicted octanol–water partition coefficient (Wildman–Crippen LogP) is 5.33. The second-order valence-corrected chi connectivity index (χ2v) is 13.3. The van der Waals surface area contributed by atoms with Gasteiger partial charge in [0.1, 0.15) is 10.9 Å². The Morgan fingerprint density at radius 3 is 2.26 bits per heavy atom. The molecule has 7 nitrogen and oxygen atoms in total. The number of carboxylic acids is 1. The highest BCUT2D eigenvalue weighted by atomic mass is 32.1. The molecule has 1 atom stereocenters. The monoisotopic (exact) mass is 543 g/mol. The number of carbonyl (C=O) groups excluding carboxylic acids is 2. The molecule has 3 rings (SSSR count). The Morgan fingerprint density at radius 1 is 1.13 bits per heavy atom. The van der Waals surface area contributed by atoms with Gasteiger partial charge in [-0.1, -0.05) is 25.7 Å². The molecule has 1 aliphatic carbocycles. The third kappa shape index (κ3) is 7.39. The molecule has 1 saturated carbocycles. The smallest absolute Gasteiger partial charge is 0.348 e. The molecule has 1 saturated heterocycles. The molecular formula is C30H45N3O4S. The summed E-state index contributed by atoms with van der Waals surface area (Å²) >= 11 is 1.08. The van der Waals surface area contributed by atoms with Crippen LogP contribution in [0.25, 0.3) is 0 Å². The van der Waals surface area contributed by atoms with Crippen LogP contribution in [0.2, 0.25) is 0 Å². The van der Waals surface area contributed by atoms with Crippen molar-refractivity contribution in [2.24, 2.45) is 17.3 Å². The Labute approximate surface area is 232 Å². The van der Waals surface area contributed by atoms with E-state index in [0.717, 1.165) is 63.0 Å². The number of likely N-dealkylation sites (N-methyl/N-ethyl adjacent to an activating group) is 1. The Hall–Kier alpha value is -2.37. The molecule has 1 aromatic heterocycles. The molecule has 2 fully saturated rings. The Morgan fingerprint density at radius 2 is 1.74 bits per heavy atom. The number of amides is 2. The molecule has 1 aromatic rings. The van der Waals surface area contributed by atoms with Crippen molar-refractivity contribution in [2.75, 3.05) is 32.1 Å². The summed E-state index contributed by atoms with van der Waals surface area (Å²) in [6, 6.07) is 1.05. The van der Waals surface area contributed by atoms with E-state index in [4.69, 9.17) is 0 Å². The number of carboxylic acid groups (broad SMARTS) is 1. The zero-order valence-electron chi connectivity index (χ0n) is 24.2. The van der Waals surface area contributed by atoms with Gasteiger partial charge in [0, 0.05) is 24.4 Å². The normalized spacial score (nSPS) is 21.8. The Balaban J connectivity index is 2.05. The molecule has 1 aliphatic heterocycles. The second kappa shape index (κ2) is 12.7. The zero-order valence-corrected chi connectivity index (χ0v) is 25.0. The molecule has 8 heteroatoms. The van der Waals surface area contributed by atoms with E-state index in [1.807, 2.05) is 34.7 Å². The molecule has 0 radical (unpaired) electrons. The summed E-state index contributed by atoms with van der Waals surface area (Å²) in [6.45, 7) is 11.9. The SMILES string of the molecule is CC[C@@H](C(=O)N(C)C1CCN(C)CC1)N(C(=O)C1CCC(C)CC1)c1cc(C#CC(C)(C)C)sc1C(=O)O. The number of thiophene rings is 1. The largest absolute Gasteiger partial charge is 0.477 e. The molecule has 0 aromatic carbocycles. The lowest BCUT2D eigenvalue weighted by molar-refractivity contribution is -0.137. The topological polar surface area (TPSA) is 81.2 Å². The van der Waals surface area contributed by atoms with E-state index < -0.39 is 12.0 Å². The second-order valence-electron chi connectivity index (χ2n) is 12.2. The first-order chi connectivity index (χ1) is 17.8. The number of rotatable bonds is 7. The van der Waals surface area contributed by atoms with E-state index in [1.54, 1.807) is 11.0 Å². The zero-order chi connectivity index (χ0) is 28.2. The predicted molar refractivity (Wildman–Crippen MR) is 154 cm³/mol. The molecule has 38 heavy (non-hydrogen) atoms. The van der Waals surface area contributed by atoms with Crippen molar-refractivity contribution in [2.45, 2.75) is 91.6 Å². The summed E-state index contributed by atoms with van der Waals surface area (Å²) in [5.41, 5.74) is 0.0573. The van der Waals surface area contributed by atoms with Gasteiger partial charge in [-0.05, 0) is 97.8 Å². The molecule has 2 heterocycles. The van der Waals surface area contributed by atoms with Crippen molar-refractivity contribution in [3.05, 3.63) is 15.8 Å². The van der Waals surface area contributed by atoms with Crippen molar-refractivity contribution in [1.29, 1.82) is 0 Å². The molecule has 2 aliphatic rings. The number of carbonyl (C=O) groups is 3. The first kappa shape index (κ1) is 30.2. The van der Waals surface area contributed by atoms with Gasteiger partial charge in [-0.25, -0.2) is 4.79 Å². The maximum absolute atomic E-state index is 14.2. The minimum Gasteiger partial charge on any atom is -0.477 e. The number of hydrogen-bond donors (Lipinski definition) is 1. The third-order valence-electron chi connectivity index (χ3n) is 7.90. The summed E-state index contributed by atoms with van der Waals surface area (Å²) in [6.07, 6.45) is 5.61. The summed E-state index contributed by atoms with van der Waals surface area (Å²) < 4.78 is 0. The van der Waals surface area contributed by atoms with Gasteiger partial charge >= 0.3 is 5.97 Å². The average molecular weight is 544 g/mol. The van der Waals surface area contributed by atoms with Crippen molar-refractivity contribution >= 4 is 34.8 Å². The van der Waals surface area contributed by atoms with Crippen LogP contribution in [-0.4, -0.2) is 72.0 Å². The lowest BCUT2D eigenvalue weighted by atomic mass is 9.82. The third-order valence-corrected chi connectivity index (χ3v) is 8.92. The van der Waals surface area contributed by atoms with Crippen LogP contribution in [-0.2, 0) is 9.59 Å². The van der Waals surface area contributed by atoms with Gasteiger partial charge < -0.3 is 14.9 Å². The molecule has 210 valence electrons. The summed E-state index contributed by atoms with van der Waals surface area (Å²) in [5.74, 6) is 5.28. The van der Waals surface area contributed by atoms with Gasteiger partial charge in [-0.3, -0.25) is 14.5 Å².